The average molecular weight is 531 g/mol. The summed E-state index contributed by atoms with van der Waals surface area (Å²) in [5.74, 6) is 1.77. The number of aryl methyl sites for hydroxylation is 3. The molecule has 0 N–H and O–H groups in total. The summed E-state index contributed by atoms with van der Waals surface area (Å²) in [5.41, 5.74) is 9.04. The highest BCUT2D eigenvalue weighted by atomic mass is 16.5. The van der Waals surface area contributed by atoms with Gasteiger partial charge in [-0.3, -0.25) is 14.3 Å². The van der Waals surface area contributed by atoms with Crippen LogP contribution in [0, 0.1) is 20.8 Å². The van der Waals surface area contributed by atoms with Gasteiger partial charge in [0.2, 0.25) is 0 Å². The first-order valence-corrected chi connectivity index (χ1v) is 13.9. The number of likely N-dealkylation sites (tertiary alicyclic amines) is 1. The lowest BCUT2D eigenvalue weighted by atomic mass is 9.95. The quantitative estimate of drug-likeness (QED) is 0.238. The number of carbonyl (C=O) groups is 1. The molecule has 1 unspecified atom stereocenters. The number of hydrogen-bond donors (Lipinski definition) is 0. The van der Waals surface area contributed by atoms with Gasteiger partial charge < -0.3 is 9.64 Å². The summed E-state index contributed by atoms with van der Waals surface area (Å²) < 4.78 is 7.65. The molecule has 1 saturated heterocycles. The van der Waals surface area contributed by atoms with E-state index < -0.39 is 0 Å². The number of ether oxygens (including phenoxy) is 1. The Bertz CT molecular complexity index is 1670. The second-order valence-corrected chi connectivity index (χ2v) is 10.7. The predicted octanol–water partition coefficient (Wildman–Crippen LogP) is 7.39. The smallest absolute Gasteiger partial charge is 0.255 e. The van der Waals surface area contributed by atoms with E-state index in [-0.39, 0.29) is 11.9 Å². The fraction of sp³-hybridized carbons (Fsp3) is 0.265. The lowest BCUT2D eigenvalue weighted by Crippen LogP contribution is -2.40. The highest BCUT2D eigenvalue weighted by molar-refractivity contribution is 5.97. The topological polar surface area (TPSA) is 60.2 Å². The molecule has 1 fully saturated rings. The first kappa shape index (κ1) is 25.8. The van der Waals surface area contributed by atoms with E-state index in [1.165, 1.54) is 5.56 Å². The fourth-order valence-electron chi connectivity index (χ4n) is 6.14. The Balaban J connectivity index is 1.51. The van der Waals surface area contributed by atoms with Crippen LogP contribution in [-0.4, -0.2) is 39.0 Å². The van der Waals surface area contributed by atoms with Crippen LogP contribution in [0.4, 0.5) is 0 Å². The molecule has 2 aromatic heterocycles. The predicted molar refractivity (Wildman–Crippen MR) is 159 cm³/mol. The van der Waals surface area contributed by atoms with Crippen molar-refractivity contribution in [3.05, 3.63) is 107 Å². The van der Waals surface area contributed by atoms with Gasteiger partial charge in [-0.25, -0.2) is 4.98 Å². The number of piperidine rings is 1. The van der Waals surface area contributed by atoms with Gasteiger partial charge in [-0.05, 0) is 99.2 Å². The number of imidazole rings is 1. The SMILES string of the molecule is COc1ccc(-n2c(C3CCCCN3C(=O)c3c(C)cc(C)cc3C)nc3cc(-c4cccnc4)ccc32)cc1. The number of aromatic nitrogens is 3. The van der Waals surface area contributed by atoms with Gasteiger partial charge in [0.1, 0.15) is 11.6 Å². The van der Waals surface area contributed by atoms with E-state index in [9.17, 15) is 4.79 Å². The minimum atomic E-state index is -0.141. The molecule has 3 aromatic carbocycles. The maximum Gasteiger partial charge on any atom is 0.255 e. The van der Waals surface area contributed by atoms with E-state index in [2.05, 4.69) is 69.9 Å². The lowest BCUT2D eigenvalue weighted by molar-refractivity contribution is 0.0597. The number of methoxy groups -OCH3 is 1. The summed E-state index contributed by atoms with van der Waals surface area (Å²) in [6.45, 7) is 6.87. The van der Waals surface area contributed by atoms with Crippen LogP contribution in [-0.2, 0) is 0 Å². The highest BCUT2D eigenvalue weighted by Crippen LogP contribution is 2.37. The number of nitrogens with zero attached hydrogens (tertiary/aromatic N) is 4. The van der Waals surface area contributed by atoms with Gasteiger partial charge in [0, 0.05) is 35.8 Å². The summed E-state index contributed by atoms with van der Waals surface area (Å²) in [4.78, 5) is 25.8. The second-order valence-electron chi connectivity index (χ2n) is 10.7. The first-order chi connectivity index (χ1) is 19.4. The van der Waals surface area contributed by atoms with Crippen molar-refractivity contribution in [3.8, 4) is 22.6 Å². The molecular formula is C34H34N4O2. The van der Waals surface area contributed by atoms with Crippen LogP contribution >= 0.6 is 0 Å². The lowest BCUT2D eigenvalue weighted by Gasteiger charge is -2.36. The summed E-state index contributed by atoms with van der Waals surface area (Å²) in [6.07, 6.45) is 6.55. The largest absolute Gasteiger partial charge is 0.497 e. The van der Waals surface area contributed by atoms with Crippen LogP contribution in [0.2, 0.25) is 0 Å². The Labute approximate surface area is 235 Å². The van der Waals surface area contributed by atoms with Crippen LogP contribution in [0.1, 0.15) is 58.2 Å². The van der Waals surface area contributed by atoms with Crippen molar-refractivity contribution in [1.29, 1.82) is 0 Å². The third-order valence-corrected chi connectivity index (χ3v) is 7.96. The second kappa shape index (κ2) is 10.6. The molecule has 1 atom stereocenters. The first-order valence-electron chi connectivity index (χ1n) is 13.9. The van der Waals surface area contributed by atoms with Crippen LogP contribution in [0.15, 0.2) is 79.1 Å². The van der Waals surface area contributed by atoms with Crippen LogP contribution in [0.3, 0.4) is 0 Å². The minimum Gasteiger partial charge on any atom is -0.497 e. The molecule has 6 nitrogen and oxygen atoms in total. The number of benzene rings is 3. The van der Waals surface area contributed by atoms with E-state index in [0.29, 0.717) is 6.54 Å². The van der Waals surface area contributed by atoms with Crippen molar-refractivity contribution in [2.24, 2.45) is 0 Å². The molecule has 5 aromatic rings. The van der Waals surface area contributed by atoms with E-state index >= 15 is 0 Å². The molecule has 3 heterocycles. The Morgan fingerprint density at radius 3 is 2.40 bits per heavy atom. The number of rotatable bonds is 5. The molecule has 1 amide bonds. The van der Waals surface area contributed by atoms with Crippen molar-refractivity contribution < 1.29 is 9.53 Å². The van der Waals surface area contributed by atoms with E-state index in [1.54, 1.807) is 13.3 Å². The van der Waals surface area contributed by atoms with Crippen molar-refractivity contribution in [2.75, 3.05) is 13.7 Å². The summed E-state index contributed by atoms with van der Waals surface area (Å²) in [6, 6.07) is 22.5. The Morgan fingerprint density at radius 1 is 0.925 bits per heavy atom. The molecule has 40 heavy (non-hydrogen) atoms. The number of hydrogen-bond acceptors (Lipinski definition) is 4. The molecular weight excluding hydrogens is 496 g/mol. The van der Waals surface area contributed by atoms with Crippen molar-refractivity contribution in [3.63, 3.8) is 0 Å². The molecule has 0 bridgehead atoms. The zero-order valence-electron chi connectivity index (χ0n) is 23.5. The zero-order valence-corrected chi connectivity index (χ0v) is 23.5. The van der Waals surface area contributed by atoms with E-state index in [4.69, 9.17) is 9.72 Å². The van der Waals surface area contributed by atoms with Gasteiger partial charge in [0.15, 0.2) is 0 Å². The zero-order chi connectivity index (χ0) is 27.8. The Morgan fingerprint density at radius 2 is 1.70 bits per heavy atom. The van der Waals surface area contributed by atoms with Gasteiger partial charge in [-0.15, -0.1) is 0 Å². The molecule has 0 spiro atoms. The summed E-state index contributed by atoms with van der Waals surface area (Å²) in [7, 11) is 1.67. The van der Waals surface area contributed by atoms with Gasteiger partial charge in [-0.1, -0.05) is 29.8 Å². The fourth-order valence-corrected chi connectivity index (χ4v) is 6.14. The van der Waals surface area contributed by atoms with Crippen molar-refractivity contribution in [1.82, 2.24) is 19.4 Å². The van der Waals surface area contributed by atoms with Gasteiger partial charge in [0.05, 0.1) is 24.2 Å². The maximum absolute atomic E-state index is 14.2. The monoisotopic (exact) mass is 530 g/mol. The number of carbonyl (C=O) groups excluding carboxylic acids is 1. The summed E-state index contributed by atoms with van der Waals surface area (Å²) >= 11 is 0. The minimum absolute atomic E-state index is 0.0871. The average Bonchev–Trinajstić information content (AvgIpc) is 3.36. The number of pyridine rings is 1. The molecule has 6 heteroatoms. The molecule has 1 aliphatic heterocycles. The third-order valence-electron chi connectivity index (χ3n) is 7.96. The van der Waals surface area contributed by atoms with Crippen LogP contribution < -0.4 is 4.74 Å². The highest BCUT2D eigenvalue weighted by Gasteiger charge is 2.34. The molecule has 0 aliphatic carbocycles. The third kappa shape index (κ3) is 4.64. The number of fused-ring (bicyclic) bond motifs is 1. The van der Waals surface area contributed by atoms with Crippen LogP contribution in [0.5, 0.6) is 5.75 Å². The maximum atomic E-state index is 14.2. The van der Waals surface area contributed by atoms with E-state index in [0.717, 1.165) is 75.4 Å². The van der Waals surface area contributed by atoms with Gasteiger partial charge >= 0.3 is 0 Å². The van der Waals surface area contributed by atoms with Gasteiger partial charge in [0.25, 0.3) is 5.91 Å². The molecule has 1 aliphatic rings. The molecule has 6 rings (SSSR count). The summed E-state index contributed by atoms with van der Waals surface area (Å²) in [5, 5.41) is 0. The Kier molecular flexibility index (Phi) is 6.84. The standard InChI is InChI=1S/C34H34N4O2/c1-22-18-23(2)32(24(3)19-22)34(39)37-17-6-5-9-31(37)33-36-29-20-25(26-8-7-16-35-21-26)10-15-30(29)38(33)27-11-13-28(40-4)14-12-27/h7-8,10-16,18-21,31H,5-6,9,17H2,1-4H3. The van der Waals surface area contributed by atoms with Crippen LogP contribution in [0.25, 0.3) is 27.8 Å². The van der Waals surface area contributed by atoms with Crippen molar-refractivity contribution in [2.45, 2.75) is 46.1 Å². The number of amides is 1. The normalized spacial score (nSPS) is 15.4. The van der Waals surface area contributed by atoms with Gasteiger partial charge in [-0.2, -0.15) is 0 Å². The van der Waals surface area contributed by atoms with E-state index in [1.807, 2.05) is 38.2 Å². The Hall–Kier alpha value is -4.45. The molecule has 0 saturated carbocycles. The van der Waals surface area contributed by atoms with Crippen molar-refractivity contribution >= 4 is 16.9 Å². The molecule has 0 radical (unpaired) electrons. The molecule has 202 valence electrons.